The van der Waals surface area contributed by atoms with Gasteiger partial charge in [0.05, 0.1) is 32.1 Å². The van der Waals surface area contributed by atoms with Crippen LogP contribution in [0.1, 0.15) is 11.8 Å². The number of rotatable bonds is 12. The van der Waals surface area contributed by atoms with Crippen LogP contribution in [0, 0.1) is 0 Å². The van der Waals surface area contributed by atoms with Crippen LogP contribution in [-0.2, 0) is 14.3 Å². The first kappa shape index (κ1) is 43.3. The third-order valence-electron chi connectivity index (χ3n) is 7.19. The summed E-state index contributed by atoms with van der Waals surface area (Å²) in [5.41, 5.74) is 5.46. The summed E-state index contributed by atoms with van der Waals surface area (Å²) in [6, 6.07) is 0. The summed E-state index contributed by atoms with van der Waals surface area (Å²) in [6.45, 7) is 15.9. The van der Waals surface area contributed by atoms with Gasteiger partial charge in [0.25, 0.3) is 16.4 Å². The second-order valence-corrected chi connectivity index (χ2v) is 13.7. The molecule has 0 aromatic carbocycles. The molecule has 4 fully saturated rings. The van der Waals surface area contributed by atoms with Crippen molar-refractivity contribution in [2.24, 2.45) is 10.7 Å². The number of aliphatic hydroxyl groups is 2. The average Bonchev–Trinajstić information content (AvgIpc) is 3.75. The smallest absolute Gasteiger partial charge is 0.307 e. The highest BCUT2D eigenvalue weighted by Crippen LogP contribution is 2.22. The van der Waals surface area contributed by atoms with Gasteiger partial charge in [0, 0.05) is 91.3 Å². The van der Waals surface area contributed by atoms with Crippen molar-refractivity contribution in [3.63, 3.8) is 0 Å². The highest BCUT2D eigenvalue weighted by molar-refractivity contribution is 8.18. The Morgan fingerprint density at radius 1 is 0.840 bits per heavy atom. The van der Waals surface area contributed by atoms with E-state index >= 15 is 0 Å². The molecule has 0 bridgehead atoms. The van der Waals surface area contributed by atoms with Gasteiger partial charge in [-0.25, -0.2) is 0 Å². The van der Waals surface area contributed by atoms with Crippen molar-refractivity contribution in [1.82, 2.24) is 35.2 Å². The maximum Gasteiger partial charge on any atom is 0.307 e. The molecule has 1 aromatic rings. The maximum absolute atomic E-state index is 11.0. The molecule has 50 heavy (non-hydrogen) atoms. The normalized spacial score (nSPS) is 19.7. The Kier molecular flexibility index (Phi) is 21.8. The molecular formula is C29H49N9O9S3. The van der Waals surface area contributed by atoms with Crippen molar-refractivity contribution in [3.8, 4) is 5.88 Å². The van der Waals surface area contributed by atoms with E-state index in [9.17, 15) is 29.1 Å². The van der Waals surface area contributed by atoms with Crippen molar-refractivity contribution in [2.75, 3.05) is 117 Å². The fourth-order valence-electron chi connectivity index (χ4n) is 4.58. The van der Waals surface area contributed by atoms with Gasteiger partial charge in [-0.3, -0.25) is 64.2 Å². The maximum atomic E-state index is 11.0. The van der Waals surface area contributed by atoms with E-state index in [0.717, 1.165) is 120 Å². The summed E-state index contributed by atoms with van der Waals surface area (Å²) < 4.78 is 4.84. The molecule has 0 aliphatic carbocycles. The number of hydrogen-bond acceptors (Lipinski definition) is 18. The number of aromatic hydroxyl groups is 1. The van der Waals surface area contributed by atoms with Crippen LogP contribution >= 0.6 is 34.9 Å². The number of aliphatic hydroxyl groups excluding tert-OH is 2. The number of aromatic amines is 1. The van der Waals surface area contributed by atoms with Crippen molar-refractivity contribution in [1.29, 1.82) is 0 Å². The van der Waals surface area contributed by atoms with Crippen LogP contribution in [0.4, 0.5) is 9.59 Å². The molecule has 282 valence electrons. The lowest BCUT2D eigenvalue weighted by atomic mass is 10.3. The topological polar surface area (TPSA) is 246 Å². The Hall–Kier alpha value is -2.86. The highest BCUT2D eigenvalue weighted by Gasteiger charge is 2.25. The number of aliphatic imine (C=N–C) groups is 1. The van der Waals surface area contributed by atoms with Crippen molar-refractivity contribution in [2.45, 2.75) is 6.92 Å². The molecule has 0 unspecified atom stereocenters. The lowest BCUT2D eigenvalue weighted by molar-refractivity contribution is -0.117. The van der Waals surface area contributed by atoms with E-state index in [0.29, 0.717) is 28.7 Å². The quantitative estimate of drug-likeness (QED) is 0.0731. The van der Waals surface area contributed by atoms with E-state index in [1.165, 1.54) is 6.26 Å². The van der Waals surface area contributed by atoms with Crippen molar-refractivity contribution in [3.05, 3.63) is 25.7 Å². The van der Waals surface area contributed by atoms with Crippen LogP contribution in [0.2, 0.25) is 0 Å². The minimum atomic E-state index is -0.381. The Morgan fingerprint density at radius 3 is 1.78 bits per heavy atom. The number of nitrogens with two attached hydrogens (primary N) is 1. The third kappa shape index (κ3) is 17.9. The fraction of sp³-hybridized carbons (Fsp3) is 0.655. The van der Waals surface area contributed by atoms with Gasteiger partial charge in [0.1, 0.15) is 16.0 Å². The van der Waals surface area contributed by atoms with E-state index in [-0.39, 0.29) is 46.3 Å². The number of thioether (sulfide) groups is 2. The fourth-order valence-corrected chi connectivity index (χ4v) is 6.33. The lowest BCUT2D eigenvalue weighted by Crippen LogP contribution is -2.48. The molecule has 0 saturated carbocycles. The van der Waals surface area contributed by atoms with Crippen molar-refractivity contribution >= 4 is 63.4 Å². The lowest BCUT2D eigenvalue weighted by Gasteiger charge is -2.33. The molecule has 8 N–H and O–H groups in total. The Labute approximate surface area is 303 Å². The molecule has 4 amide bonds. The molecule has 5 rings (SSSR count). The molecule has 4 aliphatic heterocycles. The van der Waals surface area contributed by atoms with Gasteiger partial charge in [-0.15, -0.1) is 0 Å². The monoisotopic (exact) mass is 763 g/mol. The van der Waals surface area contributed by atoms with Crippen LogP contribution in [0.25, 0.3) is 0 Å². The number of aromatic nitrogens is 1. The molecule has 1 aromatic heterocycles. The molecule has 18 nitrogen and oxygen atoms in total. The predicted octanol–water partition coefficient (Wildman–Crippen LogP) is -1.46. The van der Waals surface area contributed by atoms with Gasteiger partial charge in [0.15, 0.2) is 0 Å². The number of hydrogen-bond donors (Lipinski definition) is 7. The number of thiazole rings is 1. The van der Waals surface area contributed by atoms with E-state index in [2.05, 4.69) is 40.2 Å². The van der Waals surface area contributed by atoms with E-state index in [1.54, 1.807) is 13.1 Å². The zero-order chi connectivity index (χ0) is 36.7. The van der Waals surface area contributed by atoms with E-state index in [4.69, 9.17) is 20.7 Å². The summed E-state index contributed by atoms with van der Waals surface area (Å²) in [7, 11) is 0. The predicted molar refractivity (Wildman–Crippen MR) is 195 cm³/mol. The average molecular weight is 764 g/mol. The molecule has 21 heteroatoms. The first-order valence-corrected chi connectivity index (χ1v) is 18.7. The van der Waals surface area contributed by atoms with E-state index in [1.807, 2.05) is 0 Å². The number of imide groups is 2. The summed E-state index contributed by atoms with van der Waals surface area (Å²) in [5, 5.41) is 30.6. The Morgan fingerprint density at radius 2 is 1.40 bits per heavy atom. The first-order valence-electron chi connectivity index (χ1n) is 16.1. The van der Waals surface area contributed by atoms with Gasteiger partial charge in [0.2, 0.25) is 11.8 Å². The molecule has 5 heterocycles. The first-order chi connectivity index (χ1) is 24.1. The standard InChI is InChI=1S/C12H20N4O3S.C8H19N3O.C6H7NO3S.C3H3NO2S/c17-8-7-16-5-3-15(4-6-16)2-1-13-9-10-11(18)14-12(19)20-10;9-1-2-10-3-5-11(6-4-10)7-8-12;1-2-10-3-4-5(8)7-6(9)11-4;5-2-1-7-3(6)4-2/h9,17-18H,1-8H2,(H,14,19);12H,1-9H2;3H,2H2,1H3,(H,7,8,9);1H2,(H,4,5,6)/b;;4-3-;. The summed E-state index contributed by atoms with van der Waals surface area (Å²) >= 11 is 2.81. The molecule has 0 radical (unpaired) electrons. The second-order valence-electron chi connectivity index (χ2n) is 10.8. The van der Waals surface area contributed by atoms with Gasteiger partial charge in [-0.2, -0.15) is 0 Å². The van der Waals surface area contributed by atoms with Crippen LogP contribution in [0.5, 0.6) is 5.88 Å². The number of piperazine rings is 2. The number of β-amino-alcohol motifs (C(OH)–C–C–N with tert-alkyl or cyclic N) is 2. The minimum absolute atomic E-state index is 0.110. The second kappa shape index (κ2) is 25.2. The number of ether oxygens (including phenoxy) is 1. The van der Waals surface area contributed by atoms with Crippen LogP contribution in [0.15, 0.2) is 21.0 Å². The molecule has 4 saturated heterocycles. The number of nitrogens with one attached hydrogen (secondary N) is 3. The zero-order valence-corrected chi connectivity index (χ0v) is 30.7. The van der Waals surface area contributed by atoms with E-state index < -0.39 is 0 Å². The van der Waals surface area contributed by atoms with Crippen molar-refractivity contribution < 1.29 is 39.2 Å². The summed E-state index contributed by atoms with van der Waals surface area (Å²) in [4.78, 5) is 68.8. The largest absolute Gasteiger partial charge is 0.500 e. The number of amides is 4. The Bertz CT molecular complexity index is 1280. The number of nitrogens with zero attached hydrogens (tertiary/aromatic N) is 5. The zero-order valence-electron chi connectivity index (χ0n) is 28.2. The Balaban J connectivity index is 0.000000248. The summed E-state index contributed by atoms with van der Waals surface area (Å²) in [6.07, 6.45) is 2.84. The third-order valence-corrected chi connectivity index (χ3v) is 9.56. The van der Waals surface area contributed by atoms with Gasteiger partial charge in [-0.05, 0) is 18.7 Å². The molecule has 0 spiro atoms. The van der Waals surface area contributed by atoms with Crippen LogP contribution < -0.4 is 21.2 Å². The van der Waals surface area contributed by atoms with Gasteiger partial charge in [-0.1, -0.05) is 23.1 Å². The molecule has 4 aliphatic rings. The number of carbonyl (C=O) groups excluding carboxylic acids is 4. The SMILES string of the molecule is CCO/C=C1\SC(=O)NC1=O.NCCN1CCN(CCO)CC1.O=C1CSC(=O)N1.O=c1[nH]c(O)c(C=NCCN2CCN(CCO)CC2)s1. The number of carbonyl (C=O) groups is 4. The summed E-state index contributed by atoms with van der Waals surface area (Å²) in [5.74, 6) is -0.386. The van der Waals surface area contributed by atoms with Crippen LogP contribution in [0.3, 0.4) is 0 Å². The minimum Gasteiger partial charge on any atom is -0.500 e. The van der Waals surface area contributed by atoms with Crippen LogP contribution in [-0.4, -0.2) is 186 Å². The molecular weight excluding hydrogens is 715 g/mol. The number of H-pyrrole nitrogens is 1. The van der Waals surface area contributed by atoms with Gasteiger partial charge >= 0.3 is 4.87 Å². The van der Waals surface area contributed by atoms with Gasteiger partial charge < -0.3 is 25.8 Å². The molecule has 0 atom stereocenters. The highest BCUT2D eigenvalue weighted by atomic mass is 32.2.